The Hall–Kier alpha value is -3.79. The Morgan fingerprint density at radius 2 is 1.78 bits per heavy atom. The van der Waals surface area contributed by atoms with E-state index in [1.165, 1.54) is 18.2 Å². The fraction of sp³-hybridized carbons (Fsp3) is 0.0417. The number of amides is 1. The number of H-pyrrole nitrogens is 1. The van der Waals surface area contributed by atoms with E-state index in [0.717, 1.165) is 0 Å². The van der Waals surface area contributed by atoms with Gasteiger partial charge in [0.25, 0.3) is 5.91 Å². The van der Waals surface area contributed by atoms with Crippen molar-refractivity contribution >= 4 is 46.4 Å². The van der Waals surface area contributed by atoms with Crippen molar-refractivity contribution in [1.82, 2.24) is 30.4 Å². The minimum absolute atomic E-state index is 0.0695. The first-order valence-corrected chi connectivity index (χ1v) is 11.6. The van der Waals surface area contributed by atoms with Gasteiger partial charge in [0.2, 0.25) is 0 Å². The molecule has 3 aromatic carbocycles. The van der Waals surface area contributed by atoms with Crippen molar-refractivity contribution in [2.24, 2.45) is 0 Å². The number of rotatable bonds is 6. The minimum Gasteiger partial charge on any atom is -0.320 e. The summed E-state index contributed by atoms with van der Waals surface area (Å²) in [7, 11) is 0. The number of anilines is 1. The van der Waals surface area contributed by atoms with Crippen LogP contribution in [0.15, 0.2) is 66.7 Å². The third-order valence-electron chi connectivity index (χ3n) is 5.26. The molecule has 0 bridgehead atoms. The van der Waals surface area contributed by atoms with Crippen LogP contribution in [0, 0.1) is 5.82 Å². The van der Waals surface area contributed by atoms with E-state index >= 15 is 0 Å². The molecule has 180 valence electrons. The smallest absolute Gasteiger partial charge is 0.276 e. The van der Waals surface area contributed by atoms with Gasteiger partial charge in [0, 0.05) is 33.3 Å². The van der Waals surface area contributed by atoms with Crippen molar-refractivity contribution in [2.75, 3.05) is 5.32 Å². The molecule has 12 heteroatoms. The molecule has 0 atom stereocenters. The predicted octanol–water partition coefficient (Wildman–Crippen LogP) is 5.99. The Bertz CT molecular complexity index is 1550. The first-order valence-electron chi connectivity index (χ1n) is 10.5. The lowest BCUT2D eigenvalue weighted by Crippen LogP contribution is -2.15. The van der Waals surface area contributed by atoms with Gasteiger partial charge in [-0.1, -0.05) is 58.2 Å². The maximum atomic E-state index is 13.7. The Kier molecular flexibility index (Phi) is 6.69. The predicted molar refractivity (Wildman–Crippen MR) is 135 cm³/mol. The van der Waals surface area contributed by atoms with Crippen molar-refractivity contribution in [1.29, 1.82) is 0 Å². The molecule has 2 heterocycles. The summed E-state index contributed by atoms with van der Waals surface area (Å²) in [4.78, 5) is 13.4. The summed E-state index contributed by atoms with van der Waals surface area (Å²) in [6.45, 7) is 0. The van der Waals surface area contributed by atoms with Crippen molar-refractivity contribution in [3.8, 4) is 16.9 Å². The molecule has 5 rings (SSSR count). The highest BCUT2D eigenvalue weighted by atomic mass is 35.5. The van der Waals surface area contributed by atoms with Crippen molar-refractivity contribution < 1.29 is 9.18 Å². The number of carbonyl (C=O) groups is 1. The van der Waals surface area contributed by atoms with Gasteiger partial charge in [-0.05, 0) is 48.5 Å². The number of nitrogens with zero attached hydrogens (tertiary/aromatic N) is 5. The summed E-state index contributed by atoms with van der Waals surface area (Å²) in [6.07, 6.45) is 0.117. The lowest BCUT2D eigenvalue weighted by molar-refractivity contribution is 0.102. The second-order valence-electron chi connectivity index (χ2n) is 7.66. The van der Waals surface area contributed by atoms with Crippen LogP contribution in [0.3, 0.4) is 0 Å². The molecule has 0 saturated heterocycles. The largest absolute Gasteiger partial charge is 0.320 e. The monoisotopic (exact) mass is 541 g/mol. The highest BCUT2D eigenvalue weighted by Crippen LogP contribution is 2.34. The fourth-order valence-electron chi connectivity index (χ4n) is 3.70. The molecule has 8 nitrogen and oxygen atoms in total. The Balaban J connectivity index is 1.73. The number of aromatic nitrogens is 6. The van der Waals surface area contributed by atoms with Crippen LogP contribution >= 0.6 is 34.8 Å². The summed E-state index contributed by atoms with van der Waals surface area (Å²) in [5.41, 5.74) is 2.60. The Labute approximate surface area is 219 Å². The molecule has 0 aliphatic heterocycles. The first kappa shape index (κ1) is 23.9. The van der Waals surface area contributed by atoms with Crippen molar-refractivity contribution in [2.45, 2.75) is 6.42 Å². The van der Waals surface area contributed by atoms with Crippen LogP contribution in [0.5, 0.6) is 0 Å². The molecule has 1 amide bonds. The molecular weight excluding hydrogens is 528 g/mol. The second-order valence-corrected chi connectivity index (χ2v) is 8.94. The number of tetrazole rings is 1. The van der Waals surface area contributed by atoms with Gasteiger partial charge in [-0.3, -0.25) is 4.79 Å². The van der Waals surface area contributed by atoms with Crippen LogP contribution in [0.25, 0.3) is 16.9 Å². The van der Waals surface area contributed by atoms with Crippen LogP contribution in [0.2, 0.25) is 15.1 Å². The van der Waals surface area contributed by atoms with Gasteiger partial charge in [0.1, 0.15) is 5.82 Å². The molecule has 0 fully saturated rings. The van der Waals surface area contributed by atoms with Crippen LogP contribution in [0.1, 0.15) is 21.9 Å². The molecule has 36 heavy (non-hydrogen) atoms. The number of halogens is 4. The van der Waals surface area contributed by atoms with Gasteiger partial charge in [-0.15, -0.1) is 10.2 Å². The molecule has 0 spiro atoms. The number of hydrogen-bond acceptors (Lipinski definition) is 5. The Morgan fingerprint density at radius 3 is 2.47 bits per heavy atom. The van der Waals surface area contributed by atoms with E-state index in [1.54, 1.807) is 53.2 Å². The average molecular weight is 543 g/mol. The molecule has 0 unspecified atom stereocenters. The third-order valence-corrected chi connectivity index (χ3v) is 6.05. The van der Waals surface area contributed by atoms with Crippen LogP contribution in [-0.4, -0.2) is 36.3 Å². The maximum Gasteiger partial charge on any atom is 0.276 e. The molecule has 2 aromatic heterocycles. The number of aromatic amines is 1. The van der Waals surface area contributed by atoms with E-state index in [4.69, 9.17) is 34.8 Å². The number of hydrogen-bond donors (Lipinski definition) is 2. The topological polar surface area (TPSA) is 101 Å². The molecule has 5 aromatic rings. The van der Waals surface area contributed by atoms with E-state index in [0.29, 0.717) is 43.4 Å². The summed E-state index contributed by atoms with van der Waals surface area (Å²) in [6, 6.07) is 17.6. The summed E-state index contributed by atoms with van der Waals surface area (Å²) >= 11 is 18.8. The molecular formula is C24H15Cl3FN7O. The second kappa shape index (κ2) is 10.1. The van der Waals surface area contributed by atoms with E-state index < -0.39 is 11.7 Å². The van der Waals surface area contributed by atoms with Gasteiger partial charge in [-0.2, -0.15) is 10.3 Å². The Morgan fingerprint density at radius 1 is 1.00 bits per heavy atom. The number of carbonyl (C=O) groups excluding carboxylic acids is 1. The minimum atomic E-state index is -0.557. The lowest BCUT2D eigenvalue weighted by atomic mass is 10.0. The summed E-state index contributed by atoms with van der Waals surface area (Å²) in [5, 5.41) is 22.7. The van der Waals surface area contributed by atoms with Gasteiger partial charge in [0.05, 0.1) is 16.4 Å². The fourth-order valence-corrected chi connectivity index (χ4v) is 4.32. The van der Waals surface area contributed by atoms with Crippen LogP contribution in [0.4, 0.5) is 10.1 Å². The highest BCUT2D eigenvalue weighted by molar-refractivity contribution is 6.35. The van der Waals surface area contributed by atoms with E-state index in [1.807, 2.05) is 0 Å². The van der Waals surface area contributed by atoms with Crippen molar-refractivity contribution in [3.05, 3.63) is 105 Å². The average Bonchev–Trinajstić information content (AvgIpc) is 3.48. The zero-order valence-electron chi connectivity index (χ0n) is 18.2. The van der Waals surface area contributed by atoms with E-state index in [9.17, 15) is 9.18 Å². The first-order chi connectivity index (χ1) is 17.4. The third kappa shape index (κ3) is 4.94. The van der Waals surface area contributed by atoms with Crippen LogP contribution < -0.4 is 5.32 Å². The van der Waals surface area contributed by atoms with Crippen molar-refractivity contribution in [3.63, 3.8) is 0 Å². The lowest BCUT2D eigenvalue weighted by Gasteiger charge is -2.11. The van der Waals surface area contributed by atoms with Crippen LogP contribution in [-0.2, 0) is 6.42 Å². The zero-order valence-corrected chi connectivity index (χ0v) is 20.5. The standard InChI is InChI=1S/C24H15Cl3FN7O/c25-14-6-4-13(5-7-14)23-18(12-21-30-33-34-31-21)22(24(36)29-17-3-1-2-16(28)11-17)32-35(23)20-9-8-15(26)10-19(20)27/h1-11H,12H2,(H,29,36)(H,30,31,33,34). The van der Waals surface area contributed by atoms with Gasteiger partial charge < -0.3 is 5.32 Å². The molecule has 0 aliphatic rings. The van der Waals surface area contributed by atoms with Gasteiger partial charge >= 0.3 is 0 Å². The molecule has 0 radical (unpaired) electrons. The molecule has 2 N–H and O–H groups in total. The van der Waals surface area contributed by atoms with Gasteiger partial charge in [-0.25, -0.2) is 9.07 Å². The van der Waals surface area contributed by atoms with Gasteiger partial charge in [0.15, 0.2) is 11.5 Å². The number of nitrogens with one attached hydrogen (secondary N) is 2. The maximum absolute atomic E-state index is 13.7. The normalized spacial score (nSPS) is 11.0. The van der Waals surface area contributed by atoms with E-state index in [-0.39, 0.29) is 17.8 Å². The zero-order chi connectivity index (χ0) is 25.2. The highest BCUT2D eigenvalue weighted by Gasteiger charge is 2.27. The van der Waals surface area contributed by atoms with E-state index in [2.05, 4.69) is 31.0 Å². The quantitative estimate of drug-likeness (QED) is 0.274. The summed E-state index contributed by atoms with van der Waals surface area (Å²) < 4.78 is 15.3. The molecule has 0 aliphatic carbocycles. The SMILES string of the molecule is O=C(Nc1cccc(F)c1)c1nn(-c2ccc(Cl)cc2Cl)c(-c2ccc(Cl)cc2)c1Cc1nn[nH]n1. The summed E-state index contributed by atoms with van der Waals surface area (Å²) in [5.74, 6) is -0.704. The number of benzene rings is 3. The molecule has 0 saturated carbocycles.